The van der Waals surface area contributed by atoms with Gasteiger partial charge in [-0.15, -0.1) is 0 Å². The van der Waals surface area contributed by atoms with Gasteiger partial charge < -0.3 is 5.32 Å². The molecule has 0 unspecified atom stereocenters. The SMILES string of the molecule is O=C1C(Cl)=C(Nc2ccccc2F)C(=O)N1c1cccc(Cl)c1Cl. The smallest absolute Gasteiger partial charge is 0.283 e. The Morgan fingerprint density at radius 3 is 2.33 bits per heavy atom. The van der Waals surface area contributed by atoms with Crippen molar-refractivity contribution >= 4 is 58.0 Å². The zero-order valence-corrected chi connectivity index (χ0v) is 14.1. The van der Waals surface area contributed by atoms with Crippen LogP contribution in [0.4, 0.5) is 15.8 Å². The van der Waals surface area contributed by atoms with E-state index in [2.05, 4.69) is 5.32 Å². The first kappa shape index (κ1) is 16.8. The van der Waals surface area contributed by atoms with E-state index in [0.29, 0.717) is 0 Å². The van der Waals surface area contributed by atoms with Crippen LogP contribution in [0.3, 0.4) is 0 Å². The summed E-state index contributed by atoms with van der Waals surface area (Å²) >= 11 is 18.0. The predicted octanol–water partition coefficient (Wildman–Crippen LogP) is 4.57. The van der Waals surface area contributed by atoms with Gasteiger partial charge in [-0.2, -0.15) is 0 Å². The molecule has 0 fully saturated rings. The second-order valence-electron chi connectivity index (χ2n) is 4.81. The van der Waals surface area contributed by atoms with E-state index in [9.17, 15) is 14.0 Å². The van der Waals surface area contributed by atoms with Gasteiger partial charge >= 0.3 is 0 Å². The van der Waals surface area contributed by atoms with Crippen LogP contribution in [0.25, 0.3) is 0 Å². The van der Waals surface area contributed by atoms with Crippen LogP contribution >= 0.6 is 34.8 Å². The van der Waals surface area contributed by atoms with Crippen LogP contribution in [0, 0.1) is 5.82 Å². The summed E-state index contributed by atoms with van der Waals surface area (Å²) in [6, 6.07) is 10.2. The number of carbonyl (C=O) groups excluding carboxylic acids is 2. The highest BCUT2D eigenvalue weighted by Gasteiger charge is 2.40. The fourth-order valence-corrected chi connectivity index (χ4v) is 2.79. The number of nitrogens with one attached hydrogen (secondary N) is 1. The number of nitrogens with zero attached hydrogens (tertiary/aromatic N) is 1. The van der Waals surface area contributed by atoms with Crippen LogP contribution in [0.1, 0.15) is 0 Å². The molecular formula is C16H8Cl3FN2O2. The Morgan fingerprint density at radius 2 is 1.62 bits per heavy atom. The van der Waals surface area contributed by atoms with Crippen molar-refractivity contribution in [3.63, 3.8) is 0 Å². The van der Waals surface area contributed by atoms with Crippen molar-refractivity contribution in [1.82, 2.24) is 0 Å². The van der Waals surface area contributed by atoms with Crippen molar-refractivity contribution in [1.29, 1.82) is 0 Å². The van der Waals surface area contributed by atoms with Crippen molar-refractivity contribution in [3.05, 3.63) is 69.1 Å². The van der Waals surface area contributed by atoms with Gasteiger partial charge in [0.1, 0.15) is 16.5 Å². The Hall–Kier alpha value is -2.08. The Bertz CT molecular complexity index is 899. The number of carbonyl (C=O) groups is 2. The molecule has 4 nitrogen and oxygen atoms in total. The Morgan fingerprint density at radius 1 is 0.917 bits per heavy atom. The van der Waals surface area contributed by atoms with E-state index in [1.807, 2.05) is 0 Å². The zero-order valence-electron chi connectivity index (χ0n) is 11.8. The van der Waals surface area contributed by atoms with E-state index in [1.54, 1.807) is 12.1 Å². The number of benzene rings is 2. The second kappa shape index (κ2) is 6.43. The van der Waals surface area contributed by atoms with E-state index in [0.717, 1.165) is 4.90 Å². The molecule has 0 saturated carbocycles. The minimum absolute atomic E-state index is 0.0193. The summed E-state index contributed by atoms with van der Waals surface area (Å²) in [5.41, 5.74) is -0.115. The summed E-state index contributed by atoms with van der Waals surface area (Å²) in [6.07, 6.45) is 0. The molecule has 2 aromatic carbocycles. The van der Waals surface area contributed by atoms with Gasteiger partial charge in [-0.05, 0) is 24.3 Å². The molecule has 1 aliphatic heterocycles. The van der Waals surface area contributed by atoms with Crippen LogP contribution in [0.2, 0.25) is 10.0 Å². The van der Waals surface area contributed by atoms with Crippen molar-refractivity contribution in [3.8, 4) is 0 Å². The molecule has 8 heteroatoms. The highest BCUT2D eigenvalue weighted by atomic mass is 35.5. The highest BCUT2D eigenvalue weighted by Crippen LogP contribution is 2.37. The predicted molar refractivity (Wildman–Crippen MR) is 91.9 cm³/mol. The number of halogens is 4. The number of hydrogen-bond acceptors (Lipinski definition) is 3. The lowest BCUT2D eigenvalue weighted by molar-refractivity contribution is -0.120. The summed E-state index contributed by atoms with van der Waals surface area (Å²) < 4.78 is 13.8. The molecule has 2 amide bonds. The van der Waals surface area contributed by atoms with Gasteiger partial charge in [0.05, 0.1) is 21.4 Å². The molecule has 0 spiro atoms. The normalized spacial score (nSPS) is 14.6. The van der Waals surface area contributed by atoms with Gasteiger partial charge in [-0.1, -0.05) is 53.0 Å². The number of hydrogen-bond donors (Lipinski definition) is 1. The van der Waals surface area contributed by atoms with Gasteiger partial charge in [0.15, 0.2) is 0 Å². The number of para-hydroxylation sites is 1. The summed E-state index contributed by atoms with van der Waals surface area (Å²) in [5.74, 6) is -2.11. The van der Waals surface area contributed by atoms with E-state index in [1.165, 1.54) is 30.3 Å². The molecule has 0 aliphatic carbocycles. The first-order valence-electron chi connectivity index (χ1n) is 6.66. The standard InChI is InChI=1S/C16H8Cl3FN2O2/c17-8-4-3-7-11(12(8)18)22-15(23)13(19)14(16(22)24)21-10-6-2-1-5-9(10)20/h1-7,21H. The van der Waals surface area contributed by atoms with Crippen molar-refractivity contribution in [2.24, 2.45) is 0 Å². The van der Waals surface area contributed by atoms with Crippen LogP contribution in [-0.2, 0) is 9.59 Å². The fourth-order valence-electron chi connectivity index (χ4n) is 2.19. The lowest BCUT2D eigenvalue weighted by Crippen LogP contribution is -2.32. The van der Waals surface area contributed by atoms with Gasteiger partial charge in [-0.25, -0.2) is 9.29 Å². The van der Waals surface area contributed by atoms with Gasteiger partial charge in [-0.3, -0.25) is 9.59 Å². The van der Waals surface area contributed by atoms with Crippen molar-refractivity contribution in [2.75, 3.05) is 10.2 Å². The average Bonchev–Trinajstić information content (AvgIpc) is 2.76. The third-order valence-corrected chi connectivity index (χ3v) is 4.49. The fraction of sp³-hybridized carbons (Fsp3) is 0. The van der Waals surface area contributed by atoms with Gasteiger partial charge in [0.2, 0.25) is 0 Å². The minimum atomic E-state index is -0.773. The molecule has 1 heterocycles. The first-order valence-corrected chi connectivity index (χ1v) is 7.79. The van der Waals surface area contributed by atoms with E-state index >= 15 is 0 Å². The molecule has 2 aromatic rings. The maximum Gasteiger partial charge on any atom is 0.283 e. The van der Waals surface area contributed by atoms with E-state index < -0.39 is 17.6 Å². The Labute approximate surface area is 151 Å². The molecule has 0 saturated heterocycles. The highest BCUT2D eigenvalue weighted by molar-refractivity contribution is 6.54. The average molecular weight is 386 g/mol. The summed E-state index contributed by atoms with van der Waals surface area (Å²) in [4.78, 5) is 25.7. The summed E-state index contributed by atoms with van der Waals surface area (Å²) in [6.45, 7) is 0. The molecule has 0 aromatic heterocycles. The van der Waals surface area contributed by atoms with Gasteiger partial charge in [0.25, 0.3) is 11.8 Å². The zero-order chi connectivity index (χ0) is 17.4. The van der Waals surface area contributed by atoms with Crippen LogP contribution in [-0.4, -0.2) is 11.8 Å². The number of rotatable bonds is 3. The molecular weight excluding hydrogens is 378 g/mol. The molecule has 24 heavy (non-hydrogen) atoms. The summed E-state index contributed by atoms with van der Waals surface area (Å²) in [7, 11) is 0. The molecule has 3 rings (SSSR count). The topological polar surface area (TPSA) is 49.4 Å². The third kappa shape index (κ3) is 2.75. The minimum Gasteiger partial charge on any atom is -0.347 e. The lowest BCUT2D eigenvalue weighted by Gasteiger charge is -2.17. The quantitative estimate of drug-likeness (QED) is 0.788. The van der Waals surface area contributed by atoms with E-state index in [4.69, 9.17) is 34.8 Å². The van der Waals surface area contributed by atoms with Crippen molar-refractivity contribution < 1.29 is 14.0 Å². The van der Waals surface area contributed by atoms with Crippen LogP contribution in [0.5, 0.6) is 0 Å². The number of amides is 2. The maximum atomic E-state index is 13.8. The Kier molecular flexibility index (Phi) is 4.49. The second-order valence-corrected chi connectivity index (χ2v) is 5.98. The number of anilines is 2. The summed E-state index contributed by atoms with van der Waals surface area (Å²) in [5, 5.41) is 2.42. The van der Waals surface area contributed by atoms with Crippen molar-refractivity contribution in [2.45, 2.75) is 0 Å². The Balaban J connectivity index is 1.99. The maximum absolute atomic E-state index is 13.8. The first-order chi connectivity index (χ1) is 11.4. The molecule has 1 N–H and O–H groups in total. The largest absolute Gasteiger partial charge is 0.347 e. The third-order valence-electron chi connectivity index (χ3n) is 3.33. The molecule has 122 valence electrons. The number of imide groups is 1. The van der Waals surface area contributed by atoms with Crippen LogP contribution in [0.15, 0.2) is 53.2 Å². The van der Waals surface area contributed by atoms with E-state index in [-0.39, 0.29) is 32.1 Å². The molecule has 0 atom stereocenters. The lowest BCUT2D eigenvalue weighted by atomic mass is 10.2. The molecule has 1 aliphatic rings. The van der Waals surface area contributed by atoms with Crippen LogP contribution < -0.4 is 10.2 Å². The molecule has 0 bridgehead atoms. The molecule has 0 radical (unpaired) electrons. The monoisotopic (exact) mass is 384 g/mol. The van der Waals surface area contributed by atoms with Gasteiger partial charge in [0, 0.05) is 0 Å².